The molecule has 10 aromatic heterocycles. The van der Waals surface area contributed by atoms with E-state index in [1.165, 1.54) is 58.7 Å². The van der Waals surface area contributed by atoms with Crippen LogP contribution in [0.15, 0.2) is 221 Å². The van der Waals surface area contributed by atoms with Gasteiger partial charge in [0.2, 0.25) is 23.5 Å². The monoisotopic (exact) mass is 1640 g/mol. The van der Waals surface area contributed by atoms with Gasteiger partial charge in [-0.2, -0.15) is 19.9 Å². The van der Waals surface area contributed by atoms with E-state index in [2.05, 4.69) is 66.3 Å². The van der Waals surface area contributed by atoms with Gasteiger partial charge in [-0.3, -0.25) is 48.3 Å². The summed E-state index contributed by atoms with van der Waals surface area (Å²) in [4.78, 5) is 110. The van der Waals surface area contributed by atoms with Gasteiger partial charge in [0, 0.05) is 69.1 Å². The van der Waals surface area contributed by atoms with E-state index in [1.807, 2.05) is 130 Å². The van der Waals surface area contributed by atoms with Gasteiger partial charge < -0.3 is 58.1 Å². The number of aryl methyl sites for hydroxylation is 1. The Labute approximate surface area is 691 Å². The van der Waals surface area contributed by atoms with E-state index >= 15 is 0 Å². The van der Waals surface area contributed by atoms with Crippen molar-refractivity contribution >= 4 is 62.0 Å². The van der Waals surface area contributed by atoms with Crippen LogP contribution in [0.25, 0.3) is 33.5 Å². The zero-order valence-electron chi connectivity index (χ0n) is 65.4. The van der Waals surface area contributed by atoms with E-state index in [4.69, 9.17) is 48.9 Å². The third kappa shape index (κ3) is 21.0. The lowest BCUT2D eigenvalue weighted by Crippen LogP contribution is -2.26. The first kappa shape index (κ1) is 84.7. The number of hydrogen-bond acceptors (Lipinski definition) is 28. The number of imidazole rings is 3. The van der Waals surface area contributed by atoms with Crippen molar-refractivity contribution < 1.29 is 48.1 Å². The molecule has 3 fully saturated rings. The van der Waals surface area contributed by atoms with Crippen LogP contribution in [0, 0.1) is 20.2 Å². The third-order valence-corrected chi connectivity index (χ3v) is 19.6. The number of aliphatic hydroxyl groups is 1. The molecular weight excluding hydrogens is 1560 g/mol. The maximum Gasteiger partial charge on any atom is 0.334 e. The van der Waals surface area contributed by atoms with Gasteiger partial charge in [-0.25, -0.2) is 39.9 Å². The fourth-order valence-electron chi connectivity index (χ4n) is 13.8. The highest BCUT2D eigenvalue weighted by molar-refractivity contribution is 5.94. The summed E-state index contributed by atoms with van der Waals surface area (Å²) in [7, 11) is 0. The van der Waals surface area contributed by atoms with Gasteiger partial charge in [-0.05, 0) is 104 Å². The minimum atomic E-state index is -0.723. The summed E-state index contributed by atoms with van der Waals surface area (Å²) in [6.07, 6.45) is 20.3. The van der Waals surface area contributed by atoms with Crippen LogP contribution in [-0.4, -0.2) is 123 Å². The summed E-state index contributed by atoms with van der Waals surface area (Å²) in [6, 6.07) is 48.0. The number of anilines is 1. The molecule has 3 unspecified atom stereocenters. The highest BCUT2D eigenvalue weighted by atomic mass is 16.6. The Bertz CT molecular complexity index is 5890. The first-order valence-electron chi connectivity index (χ1n) is 39.1. The van der Waals surface area contributed by atoms with Crippen LogP contribution < -0.4 is 41.4 Å². The lowest BCUT2D eigenvalue weighted by atomic mass is 10.2. The molecule has 14 heterocycles. The first-order chi connectivity index (χ1) is 58.8. The van der Waals surface area contributed by atoms with Crippen LogP contribution >= 0.6 is 0 Å². The maximum atomic E-state index is 12.6. The molecule has 0 saturated carbocycles. The van der Waals surface area contributed by atoms with Gasteiger partial charge in [-0.15, -0.1) is 0 Å². The van der Waals surface area contributed by atoms with Gasteiger partial charge >= 0.3 is 22.5 Å². The van der Waals surface area contributed by atoms with Gasteiger partial charge in [0.15, 0.2) is 33.5 Å². The molecule has 4 aliphatic heterocycles. The Morgan fingerprint density at radius 1 is 0.479 bits per heavy atom. The number of nitro groups is 2. The summed E-state index contributed by atoms with van der Waals surface area (Å²) in [5.74, 6) is 3.68. The molecule has 4 N–H and O–H groups in total. The van der Waals surface area contributed by atoms with E-state index in [1.54, 1.807) is 24.7 Å². The summed E-state index contributed by atoms with van der Waals surface area (Å²) < 4.78 is 50.0. The predicted molar refractivity (Wildman–Crippen MR) is 446 cm³/mol. The Hall–Kier alpha value is -14.2. The molecule has 0 aliphatic carbocycles. The zero-order chi connectivity index (χ0) is 83.1. The number of fused-ring (bicyclic) bond motifs is 4. The number of aliphatic hydroxyl groups excluding tert-OH is 1. The van der Waals surface area contributed by atoms with Crippen molar-refractivity contribution in [2.24, 2.45) is 4.99 Å². The molecule has 3 saturated heterocycles. The lowest BCUT2D eigenvalue weighted by Gasteiger charge is -2.25. The van der Waals surface area contributed by atoms with Crippen molar-refractivity contribution in [3.8, 4) is 23.5 Å². The average Bonchev–Trinajstić information content (AvgIpc) is 1.64. The van der Waals surface area contributed by atoms with Crippen molar-refractivity contribution in [3.63, 3.8) is 0 Å². The van der Waals surface area contributed by atoms with Crippen molar-refractivity contribution in [2.75, 3.05) is 25.6 Å². The topological polar surface area (TPSA) is 443 Å². The molecule has 0 radical (unpaired) electrons. The Morgan fingerprint density at radius 2 is 0.884 bits per heavy atom. The summed E-state index contributed by atoms with van der Waals surface area (Å²) in [5.41, 5.74) is 13.5. The average molecular weight is 1640 g/mol. The number of hydrogen-bond donors (Lipinski definition) is 3. The van der Waals surface area contributed by atoms with Crippen LogP contribution in [0.4, 0.5) is 22.7 Å². The third-order valence-electron chi connectivity index (χ3n) is 19.6. The van der Waals surface area contributed by atoms with Crippen LogP contribution in [0.1, 0.15) is 136 Å². The molecule has 14 aromatic rings. The van der Waals surface area contributed by atoms with Crippen molar-refractivity contribution in [1.29, 1.82) is 0 Å². The molecule has 624 valence electrons. The number of pyridine rings is 3. The maximum absolute atomic E-state index is 12.6. The van der Waals surface area contributed by atoms with Crippen LogP contribution in [0.5, 0.6) is 23.5 Å². The molecule has 0 amide bonds. The molecule has 18 rings (SSSR count). The van der Waals surface area contributed by atoms with Crippen LogP contribution in [0.2, 0.25) is 0 Å². The normalized spacial score (nSPS) is 15.3. The van der Waals surface area contributed by atoms with E-state index in [-0.39, 0.29) is 50.5 Å². The number of nitrogens with two attached hydrogens (primary N) is 1. The lowest BCUT2D eigenvalue weighted by molar-refractivity contribution is -0.386. The minimum absolute atomic E-state index is 0. The van der Waals surface area contributed by atoms with Crippen molar-refractivity contribution in [3.05, 3.63) is 298 Å². The summed E-state index contributed by atoms with van der Waals surface area (Å²) in [5, 5.41) is 31.0. The van der Waals surface area contributed by atoms with Gasteiger partial charge in [-0.1, -0.05) is 136 Å². The van der Waals surface area contributed by atoms with Crippen molar-refractivity contribution in [2.45, 2.75) is 150 Å². The molecule has 36 nitrogen and oxygen atoms in total. The SMILES string of the molecule is C.CCc1nc2c(OCc3ccccc3)ncnc2n1C1CCCCO1.Nc1cccn(CC2=Nc3c(ncnc3OCc3ccccc3)C2)c1=O.O=c1[nH]cccc1[N+](=O)[O-].O=c1c([N+](=O)[O-])cccn1Cc1nc2c(OCc3ccccc3)ncnc2n1C1CCCCO1.OCc1nc2c(OCc3ccccc3)ncnc2n1C1CCCCO1. The fraction of sp³-hybridized carbons (Fsp3) is 0.306. The number of ether oxygens (including phenoxy) is 7. The number of aromatic nitrogens is 17. The molecule has 121 heavy (non-hydrogen) atoms. The molecule has 3 atom stereocenters. The number of H-pyrrole nitrogens is 1. The van der Waals surface area contributed by atoms with Gasteiger partial charge in [0.05, 0.1) is 34.3 Å². The number of rotatable bonds is 23. The zero-order valence-corrected chi connectivity index (χ0v) is 65.4. The highest BCUT2D eigenvalue weighted by Gasteiger charge is 2.30. The van der Waals surface area contributed by atoms with E-state index < -0.39 is 32.3 Å². The van der Waals surface area contributed by atoms with E-state index in [0.29, 0.717) is 121 Å². The first-order valence-corrected chi connectivity index (χ1v) is 39.1. The smallest absolute Gasteiger partial charge is 0.334 e. The number of aromatic amines is 1. The van der Waals surface area contributed by atoms with Crippen LogP contribution in [-0.2, 0) is 73.2 Å². The minimum Gasteiger partial charge on any atom is -0.471 e. The summed E-state index contributed by atoms with van der Waals surface area (Å²) >= 11 is 0. The second-order valence-corrected chi connectivity index (χ2v) is 27.8. The van der Waals surface area contributed by atoms with Crippen LogP contribution in [0.3, 0.4) is 0 Å². The number of nitrogen functional groups attached to an aromatic ring is 1. The van der Waals surface area contributed by atoms with Crippen molar-refractivity contribution in [1.82, 2.24) is 82.6 Å². The second-order valence-electron chi connectivity index (χ2n) is 27.8. The molecule has 0 bridgehead atoms. The Kier molecular flexibility index (Phi) is 28.9. The quantitative estimate of drug-likeness (QED) is 0.0395. The predicted octanol–water partition coefficient (Wildman–Crippen LogP) is 12.5. The molecule has 0 spiro atoms. The summed E-state index contributed by atoms with van der Waals surface area (Å²) in [6.45, 7) is 5.94. The number of nitrogens with one attached hydrogen (secondary N) is 1. The van der Waals surface area contributed by atoms with Gasteiger partial charge in [0.25, 0.3) is 5.56 Å². The van der Waals surface area contributed by atoms with Gasteiger partial charge in [0.1, 0.15) is 100 Å². The second kappa shape index (κ2) is 41.2. The number of benzene rings is 4. The molecular formula is C85H89N21O15. The standard InChI is InChI=1S/C23H22N6O5.C19H17N5O2.C19H22N4O2.C18H20N4O3.C5H4N2O3.CH4/c30-23-17(29(31)32)9-6-11-27(23)13-18-26-20-21(28(18)19-10-4-5-12-33-19)24-15-25-22(20)34-14-16-7-2-1-3-8-16;20-15-7-4-8-24(19(15)25)10-14-9-16-17(23-14)18(22-12-21-16)26-11-13-5-2-1-3-6-13;1-2-15-22-17-18(23(15)16-10-6-7-11-24-16)20-13-21-19(17)25-12-14-8-4-3-5-9-14;23-10-14-21-16-17(22(14)15-8-4-5-9-24-15)19-12-20-18(16)25-11-13-6-2-1-3-7-13;8-5-4(7(9)10)2-1-3-6-5;/h1-3,6-9,11,15,19H,4-5,10,12-14H2;1-8,12H,9-11,20H2;3-5,8-9,13,16H,2,6-7,10-12H2,1H3;1-3,6-7,12,15,23H,4-5,8-11H2;1-3H,(H,6,8);1H4. The highest BCUT2D eigenvalue weighted by Crippen LogP contribution is 2.37. The molecule has 4 aromatic carbocycles. The molecule has 4 aliphatic rings. The molecule has 36 heteroatoms. The fourth-order valence-corrected chi connectivity index (χ4v) is 13.8. The Morgan fingerprint density at radius 3 is 1.31 bits per heavy atom. The Balaban J connectivity index is 0.000000134. The van der Waals surface area contributed by atoms with E-state index in [0.717, 1.165) is 122 Å². The largest absolute Gasteiger partial charge is 0.471 e. The number of nitrogens with zero attached hydrogens (tertiary/aromatic N) is 19. The van der Waals surface area contributed by atoms with E-state index in [9.17, 15) is 39.7 Å². The number of aliphatic imine (C=N–C) groups is 1.